The number of hydrogen-bond acceptors (Lipinski definition) is 2. The van der Waals surface area contributed by atoms with Gasteiger partial charge in [0.15, 0.2) is 0 Å². The molecule has 0 saturated heterocycles. The number of rotatable bonds is 3. The van der Waals surface area contributed by atoms with Crippen molar-refractivity contribution in [3.63, 3.8) is 0 Å². The molecule has 0 spiro atoms. The van der Waals surface area contributed by atoms with Crippen molar-refractivity contribution in [2.75, 3.05) is 12.3 Å². The van der Waals surface area contributed by atoms with Crippen LogP contribution in [0.25, 0.3) is 0 Å². The van der Waals surface area contributed by atoms with E-state index in [1.54, 1.807) is 0 Å². The maximum absolute atomic E-state index is 3.69. The molecular formula is C14H21NS. The predicted octanol–water partition coefficient (Wildman–Crippen LogP) is 3.78. The van der Waals surface area contributed by atoms with Crippen LogP contribution in [0.1, 0.15) is 37.4 Å². The van der Waals surface area contributed by atoms with Crippen molar-refractivity contribution in [1.82, 2.24) is 5.32 Å². The fourth-order valence-electron chi connectivity index (χ4n) is 2.35. The van der Waals surface area contributed by atoms with Gasteiger partial charge in [0.05, 0.1) is 0 Å². The van der Waals surface area contributed by atoms with Crippen molar-refractivity contribution in [2.24, 2.45) is 5.92 Å². The van der Waals surface area contributed by atoms with E-state index in [1.165, 1.54) is 28.2 Å². The van der Waals surface area contributed by atoms with Crippen molar-refractivity contribution >= 4 is 11.8 Å². The lowest BCUT2D eigenvalue weighted by Crippen LogP contribution is -2.31. The Bertz CT molecular complexity index is 362. The molecule has 1 heterocycles. The van der Waals surface area contributed by atoms with E-state index in [-0.39, 0.29) is 0 Å². The van der Waals surface area contributed by atoms with Crippen LogP contribution in [0.4, 0.5) is 0 Å². The van der Waals surface area contributed by atoms with Gasteiger partial charge >= 0.3 is 0 Å². The van der Waals surface area contributed by atoms with Crippen molar-refractivity contribution in [1.29, 1.82) is 0 Å². The largest absolute Gasteiger partial charge is 0.310 e. The smallest absolute Gasteiger partial charge is 0.0365 e. The van der Waals surface area contributed by atoms with Gasteiger partial charge in [-0.25, -0.2) is 0 Å². The molecule has 1 aromatic carbocycles. The lowest BCUT2D eigenvalue weighted by atomic mass is 9.94. The molecule has 0 aliphatic carbocycles. The Morgan fingerprint density at radius 3 is 3.00 bits per heavy atom. The third-order valence-electron chi connectivity index (χ3n) is 3.25. The summed E-state index contributed by atoms with van der Waals surface area (Å²) in [7, 11) is 0. The Hall–Kier alpha value is -0.470. The van der Waals surface area contributed by atoms with E-state index >= 15 is 0 Å². The monoisotopic (exact) mass is 235 g/mol. The summed E-state index contributed by atoms with van der Waals surface area (Å²) in [4.78, 5) is 1.51. The van der Waals surface area contributed by atoms with Crippen LogP contribution in [0.5, 0.6) is 0 Å². The minimum atomic E-state index is 0.552. The molecular weight excluding hydrogens is 214 g/mol. The number of thioether (sulfide) groups is 1. The van der Waals surface area contributed by atoms with Gasteiger partial charge < -0.3 is 5.32 Å². The zero-order valence-electron chi connectivity index (χ0n) is 10.4. The van der Waals surface area contributed by atoms with Crippen LogP contribution in [0.15, 0.2) is 23.1 Å². The van der Waals surface area contributed by atoms with Gasteiger partial charge in [0, 0.05) is 16.7 Å². The van der Waals surface area contributed by atoms with Gasteiger partial charge in [0.25, 0.3) is 0 Å². The lowest BCUT2D eigenvalue weighted by Gasteiger charge is -2.32. The van der Waals surface area contributed by atoms with Crippen molar-refractivity contribution < 1.29 is 0 Å². The second kappa shape index (κ2) is 5.24. The Balaban J connectivity index is 2.29. The molecule has 2 atom stereocenters. The highest BCUT2D eigenvalue weighted by Crippen LogP contribution is 2.40. The standard InChI is InChI=1S/C14H21NS/c1-4-8-15-13-11(3)9-16-14-10(2)6-5-7-12(13)14/h5-7,11,13,15H,4,8-9H2,1-3H3. The zero-order chi connectivity index (χ0) is 11.5. The number of aryl methyl sites for hydroxylation is 1. The first-order chi connectivity index (χ1) is 7.74. The Morgan fingerprint density at radius 2 is 2.25 bits per heavy atom. The molecule has 0 aromatic heterocycles. The molecule has 1 aliphatic heterocycles. The fourth-order valence-corrected chi connectivity index (χ4v) is 3.63. The van der Waals surface area contributed by atoms with Crippen molar-refractivity contribution in [2.45, 2.75) is 38.1 Å². The summed E-state index contributed by atoms with van der Waals surface area (Å²) in [5.41, 5.74) is 2.94. The van der Waals surface area contributed by atoms with Crippen LogP contribution in [0, 0.1) is 12.8 Å². The molecule has 2 rings (SSSR count). The molecule has 2 heteroatoms. The lowest BCUT2D eigenvalue weighted by molar-refractivity contribution is 0.407. The van der Waals surface area contributed by atoms with Gasteiger partial charge in [-0.2, -0.15) is 0 Å². The predicted molar refractivity (Wildman–Crippen MR) is 72.1 cm³/mol. The van der Waals surface area contributed by atoms with Crippen LogP contribution in [0.2, 0.25) is 0 Å². The Labute approximate surface area is 103 Å². The molecule has 0 radical (unpaired) electrons. The van der Waals surface area contributed by atoms with Gasteiger partial charge in [-0.1, -0.05) is 32.0 Å². The van der Waals surface area contributed by atoms with Gasteiger partial charge in [-0.15, -0.1) is 11.8 Å². The van der Waals surface area contributed by atoms with Gasteiger partial charge in [0.2, 0.25) is 0 Å². The maximum atomic E-state index is 3.69. The van der Waals surface area contributed by atoms with Crippen LogP contribution >= 0.6 is 11.8 Å². The summed E-state index contributed by atoms with van der Waals surface area (Å²) in [6.45, 7) is 7.92. The molecule has 0 bridgehead atoms. The average Bonchev–Trinajstić information content (AvgIpc) is 2.28. The molecule has 0 amide bonds. The number of hydrogen-bond donors (Lipinski definition) is 1. The molecule has 1 nitrogen and oxygen atoms in total. The third-order valence-corrected chi connectivity index (χ3v) is 4.79. The van der Waals surface area contributed by atoms with Gasteiger partial charge in [-0.3, -0.25) is 0 Å². The highest BCUT2D eigenvalue weighted by molar-refractivity contribution is 7.99. The van der Waals surface area contributed by atoms with E-state index < -0.39 is 0 Å². The second-order valence-corrected chi connectivity index (χ2v) is 5.74. The number of fused-ring (bicyclic) bond motifs is 1. The van der Waals surface area contributed by atoms with E-state index in [4.69, 9.17) is 0 Å². The highest BCUT2D eigenvalue weighted by atomic mass is 32.2. The topological polar surface area (TPSA) is 12.0 Å². The van der Waals surface area contributed by atoms with Crippen LogP contribution < -0.4 is 5.32 Å². The quantitative estimate of drug-likeness (QED) is 0.855. The maximum Gasteiger partial charge on any atom is 0.0365 e. The van der Waals surface area contributed by atoms with E-state index in [0.717, 1.165) is 12.5 Å². The summed E-state index contributed by atoms with van der Waals surface area (Å²) in [5, 5.41) is 3.69. The van der Waals surface area contributed by atoms with Crippen LogP contribution in [0.3, 0.4) is 0 Å². The van der Waals surface area contributed by atoms with Gasteiger partial charge in [-0.05, 0) is 36.9 Å². The van der Waals surface area contributed by atoms with E-state index in [2.05, 4.69) is 44.3 Å². The molecule has 16 heavy (non-hydrogen) atoms. The molecule has 1 aromatic rings. The number of nitrogens with one attached hydrogen (secondary N) is 1. The van der Waals surface area contributed by atoms with Crippen LogP contribution in [-0.4, -0.2) is 12.3 Å². The summed E-state index contributed by atoms with van der Waals surface area (Å²) >= 11 is 2.02. The normalized spacial score (nSPS) is 24.2. The first-order valence-electron chi connectivity index (χ1n) is 6.19. The van der Waals surface area contributed by atoms with Crippen LogP contribution in [-0.2, 0) is 0 Å². The summed E-state index contributed by atoms with van der Waals surface area (Å²) in [5.74, 6) is 1.96. The van der Waals surface area contributed by atoms with E-state index in [0.29, 0.717) is 6.04 Å². The summed E-state index contributed by atoms with van der Waals surface area (Å²) in [6.07, 6.45) is 1.21. The molecule has 0 fully saturated rings. The molecule has 1 aliphatic rings. The first-order valence-corrected chi connectivity index (χ1v) is 7.18. The minimum absolute atomic E-state index is 0.552. The Morgan fingerprint density at radius 1 is 1.44 bits per heavy atom. The van der Waals surface area contributed by atoms with Crippen molar-refractivity contribution in [3.8, 4) is 0 Å². The SMILES string of the molecule is CCCNC1c2cccc(C)c2SCC1C. The third kappa shape index (κ3) is 2.28. The minimum Gasteiger partial charge on any atom is -0.310 e. The molecule has 88 valence electrons. The van der Waals surface area contributed by atoms with E-state index in [9.17, 15) is 0 Å². The molecule has 0 saturated carbocycles. The van der Waals surface area contributed by atoms with E-state index in [1.807, 2.05) is 11.8 Å². The van der Waals surface area contributed by atoms with Crippen molar-refractivity contribution in [3.05, 3.63) is 29.3 Å². The molecule has 2 unspecified atom stereocenters. The summed E-state index contributed by atoms with van der Waals surface area (Å²) < 4.78 is 0. The second-order valence-electron chi connectivity index (χ2n) is 4.71. The fraction of sp³-hybridized carbons (Fsp3) is 0.571. The highest BCUT2D eigenvalue weighted by Gasteiger charge is 2.26. The van der Waals surface area contributed by atoms with Gasteiger partial charge in [0.1, 0.15) is 0 Å². The number of benzene rings is 1. The molecule has 1 N–H and O–H groups in total. The Kier molecular flexibility index (Phi) is 3.93. The summed E-state index contributed by atoms with van der Waals surface area (Å²) in [6, 6.07) is 7.25. The first kappa shape index (κ1) is 12.0. The average molecular weight is 235 g/mol. The zero-order valence-corrected chi connectivity index (χ0v) is 11.2.